The zero-order valence-electron chi connectivity index (χ0n) is 7.61. The summed E-state index contributed by atoms with van der Waals surface area (Å²) in [5.74, 6) is 0.647. The van der Waals surface area contributed by atoms with Crippen LogP contribution >= 0.6 is 22.9 Å². The lowest BCUT2D eigenvalue weighted by Gasteiger charge is -2.07. The molecule has 1 nitrogen and oxygen atoms in total. The Bertz CT molecular complexity index is 168. The molecule has 0 heterocycles. The van der Waals surface area contributed by atoms with Crippen LogP contribution in [0, 0.1) is 5.92 Å². The predicted octanol–water partition coefficient (Wildman–Crippen LogP) is 3.43. The van der Waals surface area contributed by atoms with Crippen LogP contribution in [0.4, 0.5) is 0 Å². The summed E-state index contributed by atoms with van der Waals surface area (Å²) in [5, 5.41) is 0. The van der Waals surface area contributed by atoms with Crippen LogP contribution in [0.1, 0.15) is 27.7 Å². The minimum absolute atomic E-state index is 0.647. The quantitative estimate of drug-likeness (QED) is 0.468. The third-order valence-corrected chi connectivity index (χ3v) is 2.24. The molecule has 0 fully saturated rings. The summed E-state index contributed by atoms with van der Waals surface area (Å²) >= 11 is 2.10. The first-order valence-electron chi connectivity index (χ1n) is 3.79. The molecule has 0 bridgehead atoms. The second-order valence-corrected chi connectivity index (χ2v) is 3.59. The van der Waals surface area contributed by atoms with E-state index >= 15 is 0 Å². The van der Waals surface area contributed by atoms with Crippen molar-refractivity contribution in [3.8, 4) is 0 Å². The monoisotopic (exact) mass is 265 g/mol. The Morgan fingerprint density at radius 3 is 2.27 bits per heavy atom. The van der Waals surface area contributed by atoms with Crippen molar-refractivity contribution >= 4 is 22.9 Å². The predicted molar refractivity (Wildman–Crippen MR) is 59.5 cm³/mol. The Morgan fingerprint density at radius 1 is 1.36 bits per heavy atom. The van der Waals surface area contributed by atoms with E-state index in [1.807, 2.05) is 6.20 Å². The van der Waals surface area contributed by atoms with E-state index in [1.165, 1.54) is 11.1 Å². The summed E-state index contributed by atoms with van der Waals surface area (Å²) in [5.41, 5.74) is 2.80. The third kappa shape index (κ3) is 4.45. The van der Waals surface area contributed by atoms with Crippen LogP contribution in [0.3, 0.4) is 0 Å². The normalized spacial score (nSPS) is 14.0. The fourth-order valence-electron chi connectivity index (χ4n) is 0.743. The average molecular weight is 265 g/mol. The number of hydrogen-bond acceptors (Lipinski definition) is 1. The van der Waals surface area contributed by atoms with E-state index in [9.17, 15) is 0 Å². The van der Waals surface area contributed by atoms with Gasteiger partial charge in [0.2, 0.25) is 0 Å². The molecule has 2 heteroatoms. The van der Waals surface area contributed by atoms with Gasteiger partial charge in [0.15, 0.2) is 0 Å². The molecule has 1 N–H and O–H groups in total. The van der Waals surface area contributed by atoms with Crippen molar-refractivity contribution in [1.82, 2.24) is 3.53 Å². The molecule has 64 valence electrons. The smallest absolute Gasteiger partial charge is 0.0555 e. The first kappa shape index (κ1) is 11.0. The van der Waals surface area contributed by atoms with Gasteiger partial charge < -0.3 is 3.53 Å². The zero-order chi connectivity index (χ0) is 8.85. The van der Waals surface area contributed by atoms with Crippen LogP contribution < -0.4 is 3.53 Å². The fraction of sp³-hybridized carbons (Fsp3) is 0.556. The molecule has 0 saturated carbocycles. The van der Waals surface area contributed by atoms with Crippen LogP contribution in [0.25, 0.3) is 0 Å². The Kier molecular flexibility index (Phi) is 5.64. The number of nitrogens with one attached hydrogen (secondary N) is 1. The van der Waals surface area contributed by atoms with Gasteiger partial charge in [0.1, 0.15) is 0 Å². The standard InChI is InChI=1S/C9H16IN/c1-7(2)9(4)8(3)5-6-11-10/h5-7,11H,1-4H3/b6-5-,9-8+. The van der Waals surface area contributed by atoms with Crippen molar-refractivity contribution in [1.29, 1.82) is 0 Å². The van der Waals surface area contributed by atoms with Gasteiger partial charge in [-0.15, -0.1) is 0 Å². The topological polar surface area (TPSA) is 12.0 Å². The van der Waals surface area contributed by atoms with Crippen molar-refractivity contribution < 1.29 is 0 Å². The summed E-state index contributed by atoms with van der Waals surface area (Å²) in [6.45, 7) is 8.74. The minimum atomic E-state index is 0.647. The zero-order valence-corrected chi connectivity index (χ0v) is 9.77. The van der Waals surface area contributed by atoms with E-state index in [4.69, 9.17) is 0 Å². The molecule has 0 saturated heterocycles. The SMILES string of the molecule is CC(/C=C\NI)=C(/C)C(C)C. The number of rotatable bonds is 3. The van der Waals surface area contributed by atoms with Crippen molar-refractivity contribution in [3.05, 3.63) is 23.4 Å². The van der Waals surface area contributed by atoms with Crippen molar-refractivity contribution in [2.75, 3.05) is 0 Å². The first-order chi connectivity index (χ1) is 5.09. The number of allylic oxidation sites excluding steroid dienone is 3. The van der Waals surface area contributed by atoms with Crippen molar-refractivity contribution in [3.63, 3.8) is 0 Å². The molecule has 0 aliphatic rings. The molecule has 0 rings (SSSR count). The molecular weight excluding hydrogens is 249 g/mol. The average Bonchev–Trinajstić information content (AvgIpc) is 1.98. The molecule has 0 aromatic rings. The molecule has 0 aliphatic carbocycles. The van der Waals surface area contributed by atoms with E-state index in [-0.39, 0.29) is 0 Å². The Hall–Kier alpha value is 0.01000. The van der Waals surface area contributed by atoms with Gasteiger partial charge in [0, 0.05) is 6.20 Å². The molecule has 0 aromatic carbocycles. The largest absolute Gasteiger partial charge is 0.335 e. The number of halogens is 1. The van der Waals surface area contributed by atoms with Gasteiger partial charge in [-0.2, -0.15) is 0 Å². The van der Waals surface area contributed by atoms with E-state index < -0.39 is 0 Å². The Balaban J connectivity index is 4.27. The van der Waals surface area contributed by atoms with Gasteiger partial charge in [0.25, 0.3) is 0 Å². The summed E-state index contributed by atoms with van der Waals surface area (Å²) in [6.07, 6.45) is 4.05. The van der Waals surface area contributed by atoms with Crippen LogP contribution in [-0.4, -0.2) is 0 Å². The molecule has 0 radical (unpaired) electrons. The molecule has 0 amide bonds. The van der Waals surface area contributed by atoms with E-state index in [1.54, 1.807) is 0 Å². The summed E-state index contributed by atoms with van der Waals surface area (Å²) < 4.78 is 2.95. The van der Waals surface area contributed by atoms with Gasteiger partial charge in [-0.3, -0.25) is 0 Å². The molecule has 0 unspecified atom stereocenters. The Labute approximate surface area is 83.4 Å². The lowest BCUT2D eigenvalue weighted by molar-refractivity contribution is 0.760. The van der Waals surface area contributed by atoms with E-state index in [0.29, 0.717) is 5.92 Å². The fourth-order valence-corrected chi connectivity index (χ4v) is 0.923. The second-order valence-electron chi connectivity index (χ2n) is 2.96. The molecule has 11 heavy (non-hydrogen) atoms. The Morgan fingerprint density at radius 2 is 1.91 bits per heavy atom. The molecule has 0 aromatic heterocycles. The van der Waals surface area contributed by atoms with E-state index in [0.717, 1.165) is 0 Å². The summed E-state index contributed by atoms with van der Waals surface area (Å²) in [6, 6.07) is 0. The number of hydrogen-bond donors (Lipinski definition) is 1. The summed E-state index contributed by atoms with van der Waals surface area (Å²) in [4.78, 5) is 0. The van der Waals surface area contributed by atoms with Crippen LogP contribution in [0.5, 0.6) is 0 Å². The highest BCUT2D eigenvalue weighted by Gasteiger charge is 1.97. The lowest BCUT2D eigenvalue weighted by Crippen LogP contribution is -1.92. The maximum atomic E-state index is 2.95. The molecule has 0 spiro atoms. The third-order valence-electron chi connectivity index (χ3n) is 1.88. The van der Waals surface area contributed by atoms with Crippen molar-refractivity contribution in [2.24, 2.45) is 5.92 Å². The maximum Gasteiger partial charge on any atom is 0.0555 e. The van der Waals surface area contributed by atoms with Crippen LogP contribution in [0.2, 0.25) is 0 Å². The highest BCUT2D eigenvalue weighted by molar-refractivity contribution is 14.1. The minimum Gasteiger partial charge on any atom is -0.335 e. The van der Waals surface area contributed by atoms with Gasteiger partial charge in [0.05, 0.1) is 22.9 Å². The van der Waals surface area contributed by atoms with Gasteiger partial charge in [-0.05, 0) is 25.8 Å². The highest BCUT2D eigenvalue weighted by Crippen LogP contribution is 2.14. The van der Waals surface area contributed by atoms with Crippen LogP contribution in [0.15, 0.2) is 23.4 Å². The molecular formula is C9H16IN. The van der Waals surface area contributed by atoms with Gasteiger partial charge in [-0.25, -0.2) is 0 Å². The second kappa shape index (κ2) is 5.63. The highest BCUT2D eigenvalue weighted by atomic mass is 127. The van der Waals surface area contributed by atoms with E-state index in [2.05, 4.69) is 60.2 Å². The molecule has 0 atom stereocenters. The van der Waals surface area contributed by atoms with Gasteiger partial charge >= 0.3 is 0 Å². The molecule has 0 aliphatic heterocycles. The first-order valence-corrected chi connectivity index (χ1v) is 4.87. The lowest BCUT2D eigenvalue weighted by atomic mass is 10.00. The maximum absolute atomic E-state index is 2.95. The summed E-state index contributed by atoms with van der Waals surface area (Å²) in [7, 11) is 0. The van der Waals surface area contributed by atoms with Crippen LogP contribution in [-0.2, 0) is 0 Å². The van der Waals surface area contributed by atoms with Crippen molar-refractivity contribution in [2.45, 2.75) is 27.7 Å². The van der Waals surface area contributed by atoms with Gasteiger partial charge in [-0.1, -0.05) is 25.0 Å².